The molecule has 1 aromatic heterocycles. The van der Waals surface area contributed by atoms with Gasteiger partial charge in [-0.3, -0.25) is 0 Å². The summed E-state index contributed by atoms with van der Waals surface area (Å²) in [6.45, 7) is 1.11. The molecule has 3 rings (SSSR count). The van der Waals surface area contributed by atoms with Gasteiger partial charge in [-0.1, -0.05) is 23.7 Å². The van der Waals surface area contributed by atoms with Gasteiger partial charge in [0.25, 0.3) is 0 Å². The lowest BCUT2D eigenvalue weighted by atomic mass is 9.97. The molecule has 1 N–H and O–H groups in total. The maximum absolute atomic E-state index is 5.46. The van der Waals surface area contributed by atoms with Crippen LogP contribution in [0.1, 0.15) is 25.0 Å². The second-order valence-electron chi connectivity index (χ2n) is 5.24. The topological polar surface area (TPSA) is 47.3 Å². The Morgan fingerprint density at radius 3 is 2.85 bits per heavy atom. The third-order valence-electron chi connectivity index (χ3n) is 3.89. The normalized spacial score (nSPS) is 18.9. The molecule has 2 heterocycles. The molecule has 1 aromatic carbocycles. The van der Waals surface area contributed by atoms with Crippen LogP contribution < -0.4 is 10.1 Å². The molecule has 0 radical (unpaired) electrons. The summed E-state index contributed by atoms with van der Waals surface area (Å²) < 4.78 is 10.6. The third kappa shape index (κ3) is 2.85. The van der Waals surface area contributed by atoms with Crippen LogP contribution in [0.15, 0.2) is 35.0 Å². The fraction of sp³-hybridized carbons (Fsp3) is 0.438. The summed E-state index contributed by atoms with van der Waals surface area (Å²) in [6, 6.07) is 8.52. The van der Waals surface area contributed by atoms with Crippen LogP contribution in [0, 0.1) is 0 Å². The number of hydrogen-bond donors (Lipinski definition) is 1. The van der Waals surface area contributed by atoms with Crippen molar-refractivity contribution in [2.24, 2.45) is 0 Å². The molecular formula is C16H20N2O2. The third-order valence-corrected chi connectivity index (χ3v) is 3.89. The molecule has 4 nitrogen and oxygen atoms in total. The van der Waals surface area contributed by atoms with Crippen molar-refractivity contribution < 1.29 is 9.26 Å². The molecular weight excluding hydrogens is 252 g/mol. The minimum Gasteiger partial charge on any atom is -0.497 e. The Hall–Kier alpha value is -1.81. The van der Waals surface area contributed by atoms with E-state index in [-0.39, 0.29) is 0 Å². The monoisotopic (exact) mass is 272 g/mol. The van der Waals surface area contributed by atoms with E-state index in [1.54, 1.807) is 13.3 Å². The summed E-state index contributed by atoms with van der Waals surface area (Å²) in [6.07, 6.45) is 6.49. The van der Waals surface area contributed by atoms with Gasteiger partial charge in [0.1, 0.15) is 11.5 Å². The van der Waals surface area contributed by atoms with Crippen molar-refractivity contribution in [2.75, 3.05) is 13.7 Å². The van der Waals surface area contributed by atoms with E-state index < -0.39 is 0 Å². The Morgan fingerprint density at radius 2 is 2.15 bits per heavy atom. The van der Waals surface area contributed by atoms with Crippen LogP contribution in [0.5, 0.6) is 5.75 Å². The first-order chi connectivity index (χ1) is 9.86. The van der Waals surface area contributed by atoms with Gasteiger partial charge in [0.15, 0.2) is 0 Å². The largest absolute Gasteiger partial charge is 0.497 e. The maximum atomic E-state index is 5.46. The number of rotatable bonds is 4. The van der Waals surface area contributed by atoms with E-state index in [1.807, 2.05) is 24.3 Å². The number of benzene rings is 1. The molecule has 1 unspecified atom stereocenters. The van der Waals surface area contributed by atoms with E-state index in [4.69, 9.17) is 9.26 Å². The quantitative estimate of drug-likeness (QED) is 0.929. The lowest BCUT2D eigenvalue weighted by molar-refractivity contribution is 0.337. The maximum Gasteiger partial charge on any atom is 0.146 e. The summed E-state index contributed by atoms with van der Waals surface area (Å²) in [5, 5.41) is 7.52. The molecule has 0 spiro atoms. The SMILES string of the molecule is COc1ccc(-c2cnoc2CC2CCCCN2)cc1. The minimum absolute atomic E-state index is 0.508. The molecule has 1 saturated heterocycles. The molecule has 0 saturated carbocycles. The Balaban J connectivity index is 1.77. The molecule has 2 aromatic rings. The smallest absolute Gasteiger partial charge is 0.146 e. The molecule has 0 amide bonds. The first-order valence-electron chi connectivity index (χ1n) is 7.18. The van der Waals surface area contributed by atoms with Crippen LogP contribution >= 0.6 is 0 Å². The zero-order chi connectivity index (χ0) is 13.8. The van der Waals surface area contributed by atoms with Crippen molar-refractivity contribution in [3.63, 3.8) is 0 Å². The standard InChI is InChI=1S/C16H20N2O2/c1-19-14-7-5-12(6-8-14)15-11-18-20-16(15)10-13-4-2-3-9-17-13/h5-8,11,13,17H,2-4,9-10H2,1H3. The Labute approximate surface area is 119 Å². The van der Waals surface area contributed by atoms with E-state index in [9.17, 15) is 0 Å². The first-order valence-corrected chi connectivity index (χ1v) is 7.18. The number of nitrogens with one attached hydrogen (secondary N) is 1. The highest BCUT2D eigenvalue weighted by Gasteiger charge is 2.18. The molecule has 0 aliphatic carbocycles. The van der Waals surface area contributed by atoms with Crippen molar-refractivity contribution in [3.05, 3.63) is 36.2 Å². The van der Waals surface area contributed by atoms with Crippen molar-refractivity contribution in [3.8, 4) is 16.9 Å². The number of ether oxygens (including phenoxy) is 1. The lowest BCUT2D eigenvalue weighted by Gasteiger charge is -2.22. The van der Waals surface area contributed by atoms with Gasteiger partial charge in [-0.2, -0.15) is 0 Å². The van der Waals surface area contributed by atoms with Crippen LogP contribution in [-0.2, 0) is 6.42 Å². The second-order valence-corrected chi connectivity index (χ2v) is 5.24. The summed E-state index contributed by atoms with van der Waals surface area (Å²) >= 11 is 0. The fourth-order valence-corrected chi connectivity index (χ4v) is 2.74. The molecule has 1 aliphatic heterocycles. The molecule has 0 bridgehead atoms. The Morgan fingerprint density at radius 1 is 1.30 bits per heavy atom. The molecule has 1 aliphatic rings. The van der Waals surface area contributed by atoms with E-state index >= 15 is 0 Å². The van der Waals surface area contributed by atoms with Gasteiger partial charge in [-0.05, 0) is 37.1 Å². The fourth-order valence-electron chi connectivity index (χ4n) is 2.74. The highest BCUT2D eigenvalue weighted by molar-refractivity contribution is 5.65. The van der Waals surface area contributed by atoms with E-state index in [0.717, 1.165) is 35.6 Å². The predicted molar refractivity (Wildman–Crippen MR) is 77.8 cm³/mol. The zero-order valence-corrected chi connectivity index (χ0v) is 11.8. The van der Waals surface area contributed by atoms with Crippen molar-refractivity contribution in [1.29, 1.82) is 0 Å². The first kappa shape index (κ1) is 13.2. The second kappa shape index (κ2) is 6.09. The van der Waals surface area contributed by atoms with Crippen LogP contribution in [0.2, 0.25) is 0 Å². The number of nitrogens with zero attached hydrogens (tertiary/aromatic N) is 1. The molecule has 1 atom stereocenters. The van der Waals surface area contributed by atoms with Gasteiger partial charge < -0.3 is 14.6 Å². The number of hydrogen-bond acceptors (Lipinski definition) is 4. The van der Waals surface area contributed by atoms with Crippen molar-refractivity contribution >= 4 is 0 Å². The lowest BCUT2D eigenvalue weighted by Crippen LogP contribution is -2.35. The number of aromatic nitrogens is 1. The van der Waals surface area contributed by atoms with E-state index in [0.29, 0.717) is 6.04 Å². The van der Waals surface area contributed by atoms with Gasteiger partial charge in [-0.15, -0.1) is 0 Å². The molecule has 4 heteroatoms. The molecule has 1 fully saturated rings. The average Bonchev–Trinajstić information content (AvgIpc) is 2.96. The van der Waals surface area contributed by atoms with Crippen LogP contribution in [0.4, 0.5) is 0 Å². The molecule has 106 valence electrons. The Kier molecular flexibility index (Phi) is 4.02. The van der Waals surface area contributed by atoms with Gasteiger partial charge in [-0.25, -0.2) is 0 Å². The van der Waals surface area contributed by atoms with E-state index in [2.05, 4.69) is 10.5 Å². The number of piperidine rings is 1. The number of methoxy groups -OCH3 is 1. The highest BCUT2D eigenvalue weighted by atomic mass is 16.5. The zero-order valence-electron chi connectivity index (χ0n) is 11.8. The van der Waals surface area contributed by atoms with Crippen molar-refractivity contribution in [2.45, 2.75) is 31.7 Å². The van der Waals surface area contributed by atoms with Gasteiger partial charge >= 0.3 is 0 Å². The molecule has 20 heavy (non-hydrogen) atoms. The van der Waals surface area contributed by atoms with E-state index in [1.165, 1.54) is 19.3 Å². The van der Waals surface area contributed by atoms with Gasteiger partial charge in [0.2, 0.25) is 0 Å². The van der Waals surface area contributed by atoms with Crippen LogP contribution in [-0.4, -0.2) is 24.9 Å². The summed E-state index contributed by atoms with van der Waals surface area (Å²) in [4.78, 5) is 0. The Bertz CT molecular complexity index is 542. The summed E-state index contributed by atoms with van der Waals surface area (Å²) in [5.74, 6) is 1.83. The van der Waals surface area contributed by atoms with Gasteiger partial charge in [0, 0.05) is 18.0 Å². The summed E-state index contributed by atoms with van der Waals surface area (Å²) in [7, 11) is 1.68. The van der Waals surface area contributed by atoms with Crippen LogP contribution in [0.25, 0.3) is 11.1 Å². The van der Waals surface area contributed by atoms with Crippen LogP contribution in [0.3, 0.4) is 0 Å². The highest BCUT2D eigenvalue weighted by Crippen LogP contribution is 2.27. The van der Waals surface area contributed by atoms with Gasteiger partial charge in [0.05, 0.1) is 13.3 Å². The minimum atomic E-state index is 0.508. The van der Waals surface area contributed by atoms with Crippen molar-refractivity contribution in [1.82, 2.24) is 10.5 Å². The average molecular weight is 272 g/mol. The predicted octanol–water partition coefficient (Wildman–Crippen LogP) is 3.03. The summed E-state index contributed by atoms with van der Waals surface area (Å²) in [5.41, 5.74) is 2.21.